The molecule has 2 aliphatic rings. The lowest BCUT2D eigenvalue weighted by atomic mass is 9.97. The van der Waals surface area contributed by atoms with Crippen LogP contribution in [0.15, 0.2) is 54.6 Å². The number of carbonyl (C=O) groups excluding carboxylic acids is 3. The third kappa shape index (κ3) is 4.45. The van der Waals surface area contributed by atoms with Gasteiger partial charge in [-0.15, -0.1) is 0 Å². The second-order valence-electron chi connectivity index (χ2n) is 7.74. The van der Waals surface area contributed by atoms with Crippen molar-refractivity contribution in [1.82, 2.24) is 4.90 Å². The molecule has 4 amide bonds. The third-order valence-corrected chi connectivity index (χ3v) is 5.63. The average Bonchev–Trinajstić information content (AvgIpc) is 3.20. The lowest BCUT2D eigenvalue weighted by Gasteiger charge is -2.32. The monoisotopic (exact) mass is 406 g/mol. The summed E-state index contributed by atoms with van der Waals surface area (Å²) < 4.78 is 0. The van der Waals surface area contributed by atoms with E-state index in [2.05, 4.69) is 10.6 Å². The number of nitrogens with zero attached hydrogens (tertiary/aromatic N) is 2. The first-order valence-electron chi connectivity index (χ1n) is 10.4. The van der Waals surface area contributed by atoms with Gasteiger partial charge in [0.05, 0.1) is 17.3 Å². The minimum absolute atomic E-state index is 0.0816. The fourth-order valence-corrected chi connectivity index (χ4v) is 4.05. The van der Waals surface area contributed by atoms with Gasteiger partial charge in [-0.05, 0) is 43.5 Å². The van der Waals surface area contributed by atoms with Crippen LogP contribution in [0, 0.1) is 5.92 Å². The Labute approximate surface area is 176 Å². The van der Waals surface area contributed by atoms with Gasteiger partial charge in [-0.1, -0.05) is 30.3 Å². The summed E-state index contributed by atoms with van der Waals surface area (Å²) in [6.07, 6.45) is 2.87. The van der Waals surface area contributed by atoms with Crippen molar-refractivity contribution in [3.63, 3.8) is 0 Å². The highest BCUT2D eigenvalue weighted by Gasteiger charge is 2.30. The summed E-state index contributed by atoms with van der Waals surface area (Å²) in [5.74, 6) is -0.327. The van der Waals surface area contributed by atoms with Gasteiger partial charge < -0.3 is 20.4 Å². The molecule has 0 radical (unpaired) electrons. The average molecular weight is 406 g/mol. The van der Waals surface area contributed by atoms with Crippen LogP contribution >= 0.6 is 0 Å². The highest BCUT2D eigenvalue weighted by Crippen LogP contribution is 2.30. The van der Waals surface area contributed by atoms with Crippen LogP contribution in [0.25, 0.3) is 0 Å². The van der Waals surface area contributed by atoms with Gasteiger partial charge in [0.1, 0.15) is 0 Å². The van der Waals surface area contributed by atoms with Crippen LogP contribution in [0.1, 0.15) is 25.7 Å². The van der Waals surface area contributed by atoms with Gasteiger partial charge >= 0.3 is 6.03 Å². The molecule has 0 spiro atoms. The summed E-state index contributed by atoms with van der Waals surface area (Å²) in [7, 11) is 0. The van der Waals surface area contributed by atoms with E-state index < -0.39 is 0 Å². The van der Waals surface area contributed by atoms with E-state index in [-0.39, 0.29) is 23.8 Å². The Hall–Kier alpha value is -3.35. The summed E-state index contributed by atoms with van der Waals surface area (Å²) in [5, 5.41) is 5.88. The van der Waals surface area contributed by atoms with Crippen LogP contribution in [0.5, 0.6) is 0 Å². The number of rotatable bonds is 4. The maximum Gasteiger partial charge on any atom is 0.321 e. The smallest absolute Gasteiger partial charge is 0.321 e. The summed E-state index contributed by atoms with van der Waals surface area (Å²) in [4.78, 5) is 41.1. The summed E-state index contributed by atoms with van der Waals surface area (Å²) >= 11 is 0. The molecule has 0 aromatic heterocycles. The molecule has 7 heteroatoms. The molecule has 2 aromatic carbocycles. The third-order valence-electron chi connectivity index (χ3n) is 5.63. The molecule has 2 fully saturated rings. The first-order chi connectivity index (χ1) is 14.6. The first-order valence-corrected chi connectivity index (χ1v) is 10.4. The zero-order chi connectivity index (χ0) is 20.9. The predicted octanol–water partition coefficient (Wildman–Crippen LogP) is 3.70. The topological polar surface area (TPSA) is 81.8 Å². The van der Waals surface area contributed by atoms with E-state index in [9.17, 15) is 14.4 Å². The lowest BCUT2D eigenvalue weighted by molar-refractivity contribution is -0.121. The quantitative estimate of drug-likeness (QED) is 0.812. The molecular formula is C23H26N4O3. The van der Waals surface area contributed by atoms with Crippen molar-refractivity contribution in [2.24, 2.45) is 5.92 Å². The molecule has 2 aromatic rings. The van der Waals surface area contributed by atoms with E-state index in [0.29, 0.717) is 31.7 Å². The number of piperidine rings is 1. The maximum absolute atomic E-state index is 13.0. The fourth-order valence-electron chi connectivity index (χ4n) is 4.05. The zero-order valence-corrected chi connectivity index (χ0v) is 16.8. The Morgan fingerprint density at radius 3 is 2.43 bits per heavy atom. The van der Waals surface area contributed by atoms with E-state index in [1.54, 1.807) is 9.80 Å². The molecule has 2 aliphatic heterocycles. The summed E-state index contributed by atoms with van der Waals surface area (Å²) in [5.41, 5.74) is 2.12. The predicted molar refractivity (Wildman–Crippen MR) is 116 cm³/mol. The van der Waals surface area contributed by atoms with E-state index in [0.717, 1.165) is 30.6 Å². The molecular weight excluding hydrogens is 380 g/mol. The number of para-hydroxylation sites is 3. The number of anilines is 3. The second kappa shape index (κ2) is 8.98. The van der Waals surface area contributed by atoms with E-state index in [4.69, 9.17) is 0 Å². The number of hydrogen-bond acceptors (Lipinski definition) is 3. The molecule has 1 atom stereocenters. The molecule has 2 saturated heterocycles. The second-order valence-corrected chi connectivity index (χ2v) is 7.74. The zero-order valence-electron chi connectivity index (χ0n) is 16.8. The molecule has 0 aliphatic carbocycles. The van der Waals surface area contributed by atoms with Crippen molar-refractivity contribution in [2.75, 3.05) is 35.2 Å². The van der Waals surface area contributed by atoms with Gasteiger partial charge in [0, 0.05) is 31.7 Å². The Bertz CT molecular complexity index is 931. The van der Waals surface area contributed by atoms with Crippen molar-refractivity contribution in [1.29, 1.82) is 0 Å². The van der Waals surface area contributed by atoms with Crippen molar-refractivity contribution < 1.29 is 14.4 Å². The number of carbonyl (C=O) groups is 3. The van der Waals surface area contributed by atoms with E-state index >= 15 is 0 Å². The number of urea groups is 1. The van der Waals surface area contributed by atoms with Gasteiger partial charge in [0.15, 0.2) is 0 Å². The van der Waals surface area contributed by atoms with Crippen LogP contribution in [0.4, 0.5) is 21.9 Å². The van der Waals surface area contributed by atoms with E-state index in [1.165, 1.54) is 0 Å². The largest absolute Gasteiger partial charge is 0.324 e. The van der Waals surface area contributed by atoms with Gasteiger partial charge in [-0.25, -0.2) is 4.79 Å². The van der Waals surface area contributed by atoms with Crippen molar-refractivity contribution >= 4 is 34.9 Å². The molecule has 0 saturated carbocycles. The lowest BCUT2D eigenvalue weighted by Crippen LogP contribution is -2.45. The fraction of sp³-hybridized carbons (Fsp3) is 0.348. The Balaban J connectivity index is 1.40. The molecule has 7 nitrogen and oxygen atoms in total. The Morgan fingerprint density at radius 1 is 0.900 bits per heavy atom. The minimum Gasteiger partial charge on any atom is -0.324 e. The number of benzene rings is 2. The van der Waals surface area contributed by atoms with Crippen molar-refractivity contribution in [3.05, 3.63) is 54.6 Å². The van der Waals surface area contributed by atoms with Crippen LogP contribution in [-0.4, -0.2) is 42.4 Å². The highest BCUT2D eigenvalue weighted by molar-refractivity contribution is 6.02. The van der Waals surface area contributed by atoms with Crippen molar-refractivity contribution in [2.45, 2.75) is 25.7 Å². The summed E-state index contributed by atoms with van der Waals surface area (Å²) in [6, 6.07) is 16.5. The standard InChI is InChI=1S/C23H26N4O3/c28-21-13-7-15-27(21)20-12-5-4-11-19(20)25-22(29)17-8-6-14-26(16-17)23(30)24-18-9-2-1-3-10-18/h1-5,9-12,17H,6-8,13-16H2,(H,24,30)(H,25,29). The molecule has 4 rings (SSSR count). The number of nitrogens with one attached hydrogen (secondary N) is 2. The normalized spacial score (nSPS) is 18.9. The van der Waals surface area contributed by atoms with E-state index in [1.807, 2.05) is 54.6 Å². The van der Waals surface area contributed by atoms with Gasteiger partial charge in [0.2, 0.25) is 11.8 Å². The van der Waals surface area contributed by atoms with Crippen LogP contribution < -0.4 is 15.5 Å². The SMILES string of the molecule is O=C(Nc1ccccc1N1CCCC1=O)C1CCCN(C(=O)Nc2ccccc2)C1. The molecule has 2 heterocycles. The number of hydrogen-bond donors (Lipinski definition) is 2. The van der Waals surface area contributed by atoms with Gasteiger partial charge in [0.25, 0.3) is 0 Å². The molecule has 30 heavy (non-hydrogen) atoms. The maximum atomic E-state index is 13.0. The van der Waals surface area contributed by atoms with Crippen molar-refractivity contribution in [3.8, 4) is 0 Å². The Kier molecular flexibility index (Phi) is 5.97. The van der Waals surface area contributed by atoms with Crippen LogP contribution in [0.3, 0.4) is 0 Å². The van der Waals surface area contributed by atoms with Gasteiger partial charge in [-0.2, -0.15) is 0 Å². The first kappa shape index (κ1) is 19.9. The van der Waals surface area contributed by atoms with Gasteiger partial charge in [-0.3, -0.25) is 9.59 Å². The Morgan fingerprint density at radius 2 is 1.67 bits per heavy atom. The molecule has 156 valence electrons. The summed E-state index contributed by atoms with van der Waals surface area (Å²) in [6.45, 7) is 1.67. The van der Waals surface area contributed by atoms with Crippen LogP contribution in [-0.2, 0) is 9.59 Å². The number of amides is 4. The molecule has 1 unspecified atom stereocenters. The number of likely N-dealkylation sites (tertiary alicyclic amines) is 1. The molecule has 0 bridgehead atoms. The highest BCUT2D eigenvalue weighted by atomic mass is 16.2. The van der Waals surface area contributed by atoms with Crippen LogP contribution in [0.2, 0.25) is 0 Å². The molecule has 2 N–H and O–H groups in total. The minimum atomic E-state index is -0.289.